The summed E-state index contributed by atoms with van der Waals surface area (Å²) in [5.74, 6) is 0.867. The summed E-state index contributed by atoms with van der Waals surface area (Å²) in [5, 5.41) is 1.12. The zero-order chi connectivity index (χ0) is 18.4. The van der Waals surface area contributed by atoms with Crippen LogP contribution in [0.15, 0.2) is 18.2 Å². The fraction of sp³-hybridized carbons (Fsp3) is 0.611. The van der Waals surface area contributed by atoms with Crippen LogP contribution in [0.5, 0.6) is 5.75 Å². The van der Waals surface area contributed by atoms with Gasteiger partial charge in [0.2, 0.25) is 5.91 Å². The number of nitrogens with zero attached hydrogens (tertiary/aromatic N) is 3. The van der Waals surface area contributed by atoms with E-state index in [-0.39, 0.29) is 5.91 Å². The van der Waals surface area contributed by atoms with Crippen molar-refractivity contribution in [2.75, 3.05) is 72.2 Å². The Balaban J connectivity index is 1.35. The molecule has 2 aliphatic rings. The van der Waals surface area contributed by atoms with Gasteiger partial charge in [0.05, 0.1) is 24.8 Å². The first-order valence-corrected chi connectivity index (χ1v) is 9.75. The Morgan fingerprint density at radius 2 is 1.77 bits per heavy atom. The number of carbonyl (C=O) groups excluding carboxylic acids is 1. The third-order valence-electron chi connectivity index (χ3n) is 4.75. The number of amides is 1. The van der Waals surface area contributed by atoms with Crippen LogP contribution >= 0.6 is 23.2 Å². The number of hydrogen-bond donors (Lipinski definition) is 0. The maximum atomic E-state index is 12.4. The van der Waals surface area contributed by atoms with Gasteiger partial charge in [0.1, 0.15) is 12.4 Å². The number of hydrogen-bond acceptors (Lipinski definition) is 5. The van der Waals surface area contributed by atoms with Crippen LogP contribution in [0.25, 0.3) is 0 Å². The van der Waals surface area contributed by atoms with Gasteiger partial charge in [0, 0.05) is 50.8 Å². The van der Waals surface area contributed by atoms with E-state index in [1.165, 1.54) is 0 Å². The molecule has 26 heavy (non-hydrogen) atoms. The first-order chi connectivity index (χ1) is 12.6. The van der Waals surface area contributed by atoms with Gasteiger partial charge in [0.15, 0.2) is 0 Å². The minimum absolute atomic E-state index is 0.218. The van der Waals surface area contributed by atoms with Crippen LogP contribution in [0.4, 0.5) is 0 Å². The Hall–Kier alpha value is -1.05. The van der Waals surface area contributed by atoms with Crippen molar-refractivity contribution in [2.24, 2.45) is 0 Å². The molecule has 1 aromatic rings. The van der Waals surface area contributed by atoms with Gasteiger partial charge in [-0.25, -0.2) is 0 Å². The molecule has 0 spiro atoms. The summed E-state index contributed by atoms with van der Waals surface area (Å²) in [7, 11) is 0. The molecule has 0 aromatic heterocycles. The predicted molar refractivity (Wildman–Crippen MR) is 102 cm³/mol. The molecule has 1 aromatic carbocycles. The average Bonchev–Trinajstić information content (AvgIpc) is 2.65. The summed E-state index contributed by atoms with van der Waals surface area (Å²) >= 11 is 12.0. The van der Waals surface area contributed by atoms with Gasteiger partial charge in [-0.05, 0) is 18.2 Å². The van der Waals surface area contributed by atoms with Gasteiger partial charge in [-0.15, -0.1) is 0 Å². The third-order valence-corrected chi connectivity index (χ3v) is 5.28. The molecule has 0 atom stereocenters. The fourth-order valence-corrected chi connectivity index (χ4v) is 3.61. The quantitative estimate of drug-likeness (QED) is 0.727. The lowest BCUT2D eigenvalue weighted by atomic mass is 10.3. The first-order valence-electron chi connectivity index (χ1n) is 9.00. The van der Waals surface area contributed by atoms with Crippen molar-refractivity contribution in [1.82, 2.24) is 14.7 Å². The molecule has 2 saturated heterocycles. The van der Waals surface area contributed by atoms with Crippen molar-refractivity contribution in [2.45, 2.75) is 0 Å². The molecule has 0 aliphatic carbocycles. The lowest BCUT2D eigenvalue weighted by molar-refractivity contribution is -0.135. The molecule has 144 valence electrons. The largest absolute Gasteiger partial charge is 0.491 e. The summed E-state index contributed by atoms with van der Waals surface area (Å²) in [6, 6.07) is 5.23. The van der Waals surface area contributed by atoms with Crippen molar-refractivity contribution >= 4 is 29.1 Å². The Morgan fingerprint density at radius 3 is 2.46 bits per heavy atom. The normalized spacial score (nSPS) is 19.5. The SMILES string of the molecule is O=C(CN1CCOCC1)N1CCN(CCOc2ccc(Cl)cc2Cl)CC1. The molecule has 0 unspecified atom stereocenters. The molecule has 2 fully saturated rings. The first kappa shape index (κ1) is 19.7. The number of piperazine rings is 1. The van der Waals surface area contributed by atoms with E-state index in [2.05, 4.69) is 9.80 Å². The molecule has 0 N–H and O–H groups in total. The van der Waals surface area contributed by atoms with Crippen molar-refractivity contribution < 1.29 is 14.3 Å². The topological polar surface area (TPSA) is 45.2 Å². The minimum Gasteiger partial charge on any atom is -0.491 e. The van der Waals surface area contributed by atoms with Crippen LogP contribution in [0.3, 0.4) is 0 Å². The molecule has 6 nitrogen and oxygen atoms in total. The monoisotopic (exact) mass is 401 g/mol. The fourth-order valence-electron chi connectivity index (χ4n) is 3.15. The minimum atomic E-state index is 0.218. The maximum absolute atomic E-state index is 12.4. The summed E-state index contributed by atoms with van der Waals surface area (Å²) in [4.78, 5) is 18.8. The van der Waals surface area contributed by atoms with E-state index < -0.39 is 0 Å². The maximum Gasteiger partial charge on any atom is 0.236 e. The van der Waals surface area contributed by atoms with Gasteiger partial charge in [-0.3, -0.25) is 14.6 Å². The zero-order valence-electron chi connectivity index (χ0n) is 14.8. The number of benzene rings is 1. The van der Waals surface area contributed by atoms with E-state index in [4.69, 9.17) is 32.7 Å². The Labute approximate surface area is 164 Å². The molecule has 2 heterocycles. The number of morpholine rings is 1. The second-order valence-electron chi connectivity index (χ2n) is 6.53. The molecule has 0 saturated carbocycles. The highest BCUT2D eigenvalue weighted by Crippen LogP contribution is 2.27. The summed E-state index contributed by atoms with van der Waals surface area (Å²) in [6.45, 7) is 8.27. The van der Waals surface area contributed by atoms with E-state index in [0.717, 1.165) is 59.0 Å². The second-order valence-corrected chi connectivity index (χ2v) is 7.38. The molecule has 2 aliphatic heterocycles. The molecule has 8 heteroatoms. The predicted octanol–water partition coefficient (Wildman–Crippen LogP) is 1.85. The highest BCUT2D eigenvalue weighted by molar-refractivity contribution is 6.35. The van der Waals surface area contributed by atoms with Crippen LogP contribution in [0, 0.1) is 0 Å². The molecule has 0 radical (unpaired) electrons. The van der Waals surface area contributed by atoms with Crippen LogP contribution in [0.1, 0.15) is 0 Å². The van der Waals surface area contributed by atoms with Crippen LogP contribution in [-0.2, 0) is 9.53 Å². The van der Waals surface area contributed by atoms with E-state index >= 15 is 0 Å². The van der Waals surface area contributed by atoms with Gasteiger partial charge >= 0.3 is 0 Å². The van der Waals surface area contributed by atoms with Gasteiger partial charge in [0.25, 0.3) is 0 Å². The smallest absolute Gasteiger partial charge is 0.236 e. The molecule has 1 amide bonds. The molecular weight excluding hydrogens is 377 g/mol. The van der Waals surface area contributed by atoms with Crippen LogP contribution in [-0.4, -0.2) is 92.8 Å². The zero-order valence-corrected chi connectivity index (χ0v) is 16.3. The van der Waals surface area contributed by atoms with E-state index in [0.29, 0.717) is 28.9 Å². The molecular formula is C18H25Cl2N3O3. The van der Waals surface area contributed by atoms with Gasteiger partial charge in [-0.1, -0.05) is 23.2 Å². The number of halogens is 2. The third kappa shape index (κ3) is 5.72. The lowest BCUT2D eigenvalue weighted by Gasteiger charge is -2.36. The Morgan fingerprint density at radius 1 is 1.04 bits per heavy atom. The van der Waals surface area contributed by atoms with Crippen LogP contribution in [0.2, 0.25) is 10.0 Å². The van der Waals surface area contributed by atoms with Crippen LogP contribution < -0.4 is 4.74 Å². The molecule has 0 bridgehead atoms. The Kier molecular flexibility index (Phi) is 7.40. The lowest BCUT2D eigenvalue weighted by Crippen LogP contribution is -2.52. The summed E-state index contributed by atoms with van der Waals surface area (Å²) < 4.78 is 11.1. The number of rotatable bonds is 6. The van der Waals surface area contributed by atoms with Crippen molar-refractivity contribution in [3.63, 3.8) is 0 Å². The highest BCUT2D eigenvalue weighted by atomic mass is 35.5. The van der Waals surface area contributed by atoms with E-state index in [1.807, 2.05) is 4.90 Å². The summed E-state index contributed by atoms with van der Waals surface area (Å²) in [5.41, 5.74) is 0. The Bertz CT molecular complexity index is 603. The van der Waals surface area contributed by atoms with Gasteiger partial charge in [-0.2, -0.15) is 0 Å². The van der Waals surface area contributed by atoms with E-state index in [1.54, 1.807) is 18.2 Å². The molecule has 3 rings (SSSR count). The van der Waals surface area contributed by atoms with Crippen molar-refractivity contribution in [3.8, 4) is 5.75 Å². The van der Waals surface area contributed by atoms with Crippen molar-refractivity contribution in [1.29, 1.82) is 0 Å². The standard InChI is InChI=1S/C18H25Cl2N3O3/c19-15-1-2-17(16(20)13-15)26-12-9-21-3-5-23(6-4-21)18(24)14-22-7-10-25-11-8-22/h1-2,13H,3-12,14H2. The highest BCUT2D eigenvalue weighted by Gasteiger charge is 2.23. The van der Waals surface area contributed by atoms with Gasteiger partial charge < -0.3 is 14.4 Å². The second kappa shape index (κ2) is 9.76. The number of ether oxygens (including phenoxy) is 2. The number of carbonyl (C=O) groups is 1. The van der Waals surface area contributed by atoms with E-state index in [9.17, 15) is 4.79 Å². The average molecular weight is 402 g/mol. The summed E-state index contributed by atoms with van der Waals surface area (Å²) in [6.07, 6.45) is 0. The van der Waals surface area contributed by atoms with Crippen molar-refractivity contribution in [3.05, 3.63) is 28.2 Å².